The van der Waals surface area contributed by atoms with Gasteiger partial charge in [-0.2, -0.15) is 14.0 Å². The van der Waals surface area contributed by atoms with E-state index in [2.05, 4.69) is 10.3 Å². The fraction of sp³-hybridized carbons (Fsp3) is 0.235. The highest BCUT2D eigenvalue weighted by molar-refractivity contribution is 5.72. The lowest BCUT2D eigenvalue weighted by molar-refractivity contribution is -0.136. The third-order valence-corrected chi connectivity index (χ3v) is 3.55. The number of hydrogen-bond donors (Lipinski definition) is 3. The maximum absolute atomic E-state index is 14.4. The molecule has 0 radical (unpaired) electrons. The second kappa shape index (κ2) is 7.31. The van der Waals surface area contributed by atoms with Crippen molar-refractivity contribution in [2.45, 2.75) is 19.3 Å². The number of anilines is 1. The van der Waals surface area contributed by atoms with E-state index >= 15 is 0 Å². The van der Waals surface area contributed by atoms with Crippen LogP contribution in [0.5, 0.6) is 5.75 Å². The molecule has 0 saturated carbocycles. The zero-order valence-corrected chi connectivity index (χ0v) is 13.6. The minimum absolute atomic E-state index is 0.194. The summed E-state index contributed by atoms with van der Waals surface area (Å²) in [5.74, 6) is -6.78. The smallest absolute Gasteiger partial charge is 0.310 e. The number of carboxylic acids is 1. The number of alkyl halides is 2. The first kappa shape index (κ1) is 19.1. The van der Waals surface area contributed by atoms with E-state index in [9.17, 15) is 23.1 Å². The summed E-state index contributed by atoms with van der Waals surface area (Å²) in [4.78, 5) is 14.4. The van der Waals surface area contributed by atoms with Crippen molar-refractivity contribution in [3.8, 4) is 11.8 Å². The first-order valence-corrected chi connectivity index (χ1v) is 7.37. The van der Waals surface area contributed by atoms with Crippen molar-refractivity contribution >= 4 is 11.7 Å². The molecule has 0 fully saturated rings. The Morgan fingerprint density at radius 1 is 1.35 bits per heavy atom. The zero-order chi connectivity index (χ0) is 19.5. The number of nitriles is 1. The number of hydrogen-bond acceptors (Lipinski definition) is 5. The van der Waals surface area contributed by atoms with Gasteiger partial charge in [0.15, 0.2) is 11.5 Å². The molecule has 2 rings (SSSR count). The third kappa shape index (κ3) is 4.03. The number of aromatic hydroxyl groups is 1. The van der Waals surface area contributed by atoms with Gasteiger partial charge in [-0.3, -0.25) is 4.79 Å². The highest BCUT2D eigenvalue weighted by atomic mass is 19.3. The highest BCUT2D eigenvalue weighted by Gasteiger charge is 2.36. The van der Waals surface area contributed by atoms with Crippen LogP contribution in [0, 0.1) is 24.1 Å². The largest absolute Gasteiger partial charge is 0.506 e. The van der Waals surface area contributed by atoms with Crippen molar-refractivity contribution < 1.29 is 28.2 Å². The van der Waals surface area contributed by atoms with Gasteiger partial charge in [-0.25, -0.2) is 9.37 Å². The molecule has 0 saturated heterocycles. The van der Waals surface area contributed by atoms with Gasteiger partial charge in [0.1, 0.15) is 5.75 Å². The second-order valence-corrected chi connectivity index (χ2v) is 5.51. The van der Waals surface area contributed by atoms with Crippen LogP contribution in [0.25, 0.3) is 0 Å². The number of carboxylic acid groups (broad SMARTS) is 1. The van der Waals surface area contributed by atoms with E-state index in [1.165, 1.54) is 13.0 Å². The number of nitrogens with one attached hydrogen (secondary N) is 1. The lowest BCUT2D eigenvalue weighted by Gasteiger charge is -2.19. The predicted molar refractivity (Wildman–Crippen MR) is 85.5 cm³/mol. The van der Waals surface area contributed by atoms with Crippen LogP contribution in [0.2, 0.25) is 0 Å². The van der Waals surface area contributed by atoms with Crippen molar-refractivity contribution in [3.63, 3.8) is 0 Å². The number of rotatable bonds is 6. The lowest BCUT2D eigenvalue weighted by Crippen LogP contribution is -2.27. The molecular formula is C17H14F3N3O3. The van der Waals surface area contributed by atoms with E-state index < -0.39 is 47.7 Å². The van der Waals surface area contributed by atoms with Gasteiger partial charge in [-0.05, 0) is 31.2 Å². The lowest BCUT2D eigenvalue weighted by atomic mass is 10.0. The van der Waals surface area contributed by atoms with Gasteiger partial charge in [-0.15, -0.1) is 0 Å². The number of aryl methyl sites for hydroxylation is 1. The Balaban J connectivity index is 2.30. The average molecular weight is 365 g/mol. The fourth-order valence-corrected chi connectivity index (χ4v) is 2.30. The van der Waals surface area contributed by atoms with Gasteiger partial charge in [-0.1, -0.05) is 0 Å². The minimum atomic E-state index is -3.62. The van der Waals surface area contributed by atoms with E-state index in [1.54, 1.807) is 6.07 Å². The van der Waals surface area contributed by atoms with Crippen LogP contribution in [0.1, 0.15) is 22.5 Å². The molecule has 0 atom stereocenters. The summed E-state index contributed by atoms with van der Waals surface area (Å²) in [5, 5.41) is 29.5. The molecule has 0 aliphatic heterocycles. The number of halogens is 3. The standard InChI is InChI=1S/C17H14F3N3O3/c1-9-2-5-13(24)16(23-9)17(19,20)8-22-12-4-3-10(7-21)11(15(12)18)6-14(25)26/h2-5,22,24H,6,8H2,1H3,(H,25,26). The first-order chi connectivity index (χ1) is 12.2. The Bertz CT molecular complexity index is 895. The number of carbonyl (C=O) groups is 1. The summed E-state index contributed by atoms with van der Waals surface area (Å²) in [6.45, 7) is 0.386. The van der Waals surface area contributed by atoms with Crippen molar-refractivity contribution in [3.05, 3.63) is 52.6 Å². The van der Waals surface area contributed by atoms with E-state index in [-0.39, 0.29) is 16.9 Å². The molecule has 1 aromatic heterocycles. The Morgan fingerprint density at radius 3 is 2.65 bits per heavy atom. The molecule has 0 amide bonds. The summed E-state index contributed by atoms with van der Waals surface area (Å²) in [7, 11) is 0. The van der Waals surface area contributed by atoms with Crippen molar-refractivity contribution in [1.29, 1.82) is 5.26 Å². The third-order valence-electron chi connectivity index (χ3n) is 3.55. The maximum Gasteiger partial charge on any atom is 0.310 e. The Morgan fingerprint density at radius 2 is 2.04 bits per heavy atom. The Kier molecular flexibility index (Phi) is 5.35. The van der Waals surface area contributed by atoms with Crippen LogP contribution in [-0.4, -0.2) is 27.7 Å². The van der Waals surface area contributed by atoms with Gasteiger partial charge in [0, 0.05) is 11.3 Å². The molecule has 0 aliphatic carbocycles. The maximum atomic E-state index is 14.4. The van der Waals surface area contributed by atoms with Gasteiger partial charge in [0.05, 0.1) is 30.3 Å². The summed E-state index contributed by atoms with van der Waals surface area (Å²) < 4.78 is 43.0. The van der Waals surface area contributed by atoms with Gasteiger partial charge in [0.2, 0.25) is 0 Å². The molecule has 0 aliphatic rings. The molecule has 3 N–H and O–H groups in total. The molecule has 26 heavy (non-hydrogen) atoms. The fourth-order valence-electron chi connectivity index (χ4n) is 2.30. The predicted octanol–water partition coefficient (Wildman–Crippen LogP) is 2.94. The molecule has 1 heterocycles. The monoisotopic (exact) mass is 365 g/mol. The normalized spacial score (nSPS) is 11.0. The SMILES string of the molecule is Cc1ccc(O)c(C(F)(F)CNc2ccc(C#N)c(CC(=O)O)c2F)n1. The number of pyridine rings is 1. The first-order valence-electron chi connectivity index (χ1n) is 7.37. The topological polar surface area (TPSA) is 106 Å². The van der Waals surface area contributed by atoms with Crippen molar-refractivity contribution in [2.24, 2.45) is 0 Å². The van der Waals surface area contributed by atoms with Crippen LogP contribution < -0.4 is 5.32 Å². The summed E-state index contributed by atoms with van der Waals surface area (Å²) in [5.41, 5.74) is -1.56. The minimum Gasteiger partial charge on any atom is -0.506 e. The molecule has 136 valence electrons. The molecular weight excluding hydrogens is 351 g/mol. The van der Waals surface area contributed by atoms with Crippen molar-refractivity contribution in [1.82, 2.24) is 4.98 Å². The molecule has 6 nitrogen and oxygen atoms in total. The number of aliphatic carboxylic acids is 1. The molecule has 0 spiro atoms. The van der Waals surface area contributed by atoms with Crippen LogP contribution in [0.4, 0.5) is 18.9 Å². The summed E-state index contributed by atoms with van der Waals surface area (Å²) in [6.07, 6.45) is -0.763. The molecule has 1 aromatic carbocycles. The molecule has 0 unspecified atom stereocenters. The quantitative estimate of drug-likeness (QED) is 0.727. The Hall–Kier alpha value is -3.28. The molecule has 2 aromatic rings. The van der Waals surface area contributed by atoms with Crippen LogP contribution in [0.15, 0.2) is 24.3 Å². The highest BCUT2D eigenvalue weighted by Crippen LogP contribution is 2.34. The van der Waals surface area contributed by atoms with Crippen molar-refractivity contribution in [2.75, 3.05) is 11.9 Å². The van der Waals surface area contributed by atoms with E-state index in [4.69, 9.17) is 10.4 Å². The second-order valence-electron chi connectivity index (χ2n) is 5.51. The number of aromatic nitrogens is 1. The summed E-state index contributed by atoms with van der Waals surface area (Å²) >= 11 is 0. The molecule has 0 bridgehead atoms. The van der Waals surface area contributed by atoms with E-state index in [0.29, 0.717) is 0 Å². The summed E-state index contributed by atoms with van der Waals surface area (Å²) in [6, 6.07) is 6.31. The number of nitrogens with zero attached hydrogens (tertiary/aromatic N) is 2. The van der Waals surface area contributed by atoms with Crippen LogP contribution in [0.3, 0.4) is 0 Å². The van der Waals surface area contributed by atoms with Crippen LogP contribution in [-0.2, 0) is 17.1 Å². The number of benzene rings is 1. The van der Waals surface area contributed by atoms with Gasteiger partial charge in [0.25, 0.3) is 0 Å². The molecule has 9 heteroatoms. The van der Waals surface area contributed by atoms with Crippen LogP contribution >= 0.6 is 0 Å². The van der Waals surface area contributed by atoms with Gasteiger partial charge < -0.3 is 15.5 Å². The zero-order valence-electron chi connectivity index (χ0n) is 13.6. The Labute approximate surface area is 146 Å². The van der Waals surface area contributed by atoms with E-state index in [1.807, 2.05) is 0 Å². The van der Waals surface area contributed by atoms with E-state index in [0.717, 1.165) is 18.2 Å². The average Bonchev–Trinajstić information content (AvgIpc) is 2.57. The van der Waals surface area contributed by atoms with Gasteiger partial charge >= 0.3 is 11.9 Å².